The Bertz CT molecular complexity index is 1040. The molecule has 0 atom stereocenters. The first-order valence-corrected chi connectivity index (χ1v) is 11.5. The number of anilines is 2. The summed E-state index contributed by atoms with van der Waals surface area (Å²) in [5, 5.41) is 8.37. The summed E-state index contributed by atoms with van der Waals surface area (Å²) in [6.45, 7) is 3.74. The molecular formula is C21H24F2N4O3S. The summed E-state index contributed by atoms with van der Waals surface area (Å²) in [6.07, 6.45) is 1.31. The molecule has 6 rings (SSSR count). The Morgan fingerprint density at radius 3 is 2.77 bits per heavy atom. The van der Waals surface area contributed by atoms with Crippen LogP contribution in [0.5, 0.6) is 0 Å². The van der Waals surface area contributed by atoms with Crippen molar-refractivity contribution in [3.8, 4) is 0 Å². The second-order valence-electron chi connectivity index (χ2n) is 8.18. The number of nitrogens with zero attached hydrogens (tertiary/aromatic N) is 3. The van der Waals surface area contributed by atoms with Gasteiger partial charge in [0.15, 0.2) is 0 Å². The van der Waals surface area contributed by atoms with Crippen molar-refractivity contribution < 1.29 is 23.1 Å². The van der Waals surface area contributed by atoms with Gasteiger partial charge >= 0.3 is 5.97 Å². The summed E-state index contributed by atoms with van der Waals surface area (Å²) in [4.78, 5) is 27.9. The number of alkyl halides is 2. The number of amides is 1. The molecule has 1 aliphatic carbocycles. The smallest absolute Gasteiger partial charge is 0.341 e. The molecule has 0 unspecified atom stereocenters. The van der Waals surface area contributed by atoms with Gasteiger partial charge in [-0.15, -0.1) is 0 Å². The maximum absolute atomic E-state index is 13.3. The highest BCUT2D eigenvalue weighted by Gasteiger charge is 2.39. The first-order chi connectivity index (χ1) is 15.0. The molecule has 0 saturated carbocycles. The molecule has 1 fully saturated rings. The van der Waals surface area contributed by atoms with Crippen LogP contribution in [-0.4, -0.2) is 41.4 Å². The van der Waals surface area contributed by atoms with Crippen molar-refractivity contribution in [2.45, 2.75) is 57.9 Å². The third kappa shape index (κ3) is 3.40. The molecule has 5 heterocycles. The number of carbonyl (C=O) groups excluding carboxylic acids is 2. The van der Waals surface area contributed by atoms with E-state index in [0.717, 1.165) is 42.9 Å². The molecule has 2 aromatic rings. The van der Waals surface area contributed by atoms with Crippen LogP contribution in [0.25, 0.3) is 0 Å². The number of halogens is 2. The van der Waals surface area contributed by atoms with Gasteiger partial charge in [-0.25, -0.2) is 13.6 Å². The van der Waals surface area contributed by atoms with Crippen LogP contribution in [-0.2, 0) is 28.9 Å². The van der Waals surface area contributed by atoms with Gasteiger partial charge in [0, 0.05) is 29.9 Å². The third-order valence-corrected chi connectivity index (χ3v) is 7.57. The number of rotatable bonds is 6. The molecule has 10 heteroatoms. The highest BCUT2D eigenvalue weighted by molar-refractivity contribution is 7.20. The van der Waals surface area contributed by atoms with Crippen molar-refractivity contribution in [2.75, 3.05) is 29.9 Å². The number of piperidine rings is 1. The summed E-state index contributed by atoms with van der Waals surface area (Å²) in [6, 6.07) is 0. The van der Waals surface area contributed by atoms with E-state index in [0.29, 0.717) is 40.6 Å². The van der Waals surface area contributed by atoms with Crippen molar-refractivity contribution in [3.63, 3.8) is 0 Å². The van der Waals surface area contributed by atoms with Crippen molar-refractivity contribution in [1.29, 1.82) is 0 Å². The summed E-state index contributed by atoms with van der Waals surface area (Å²) < 4.78 is 33.3. The predicted octanol–water partition coefficient (Wildman–Crippen LogP) is 3.88. The molecule has 31 heavy (non-hydrogen) atoms. The number of hydrogen-bond donors (Lipinski definition) is 1. The Hall–Kier alpha value is -2.49. The molecule has 4 aliphatic rings. The molecular weight excluding hydrogens is 426 g/mol. The number of esters is 1. The van der Waals surface area contributed by atoms with Crippen LogP contribution in [0, 0.1) is 0 Å². The first-order valence-electron chi connectivity index (χ1n) is 10.7. The fourth-order valence-corrected chi connectivity index (χ4v) is 6.40. The normalized spacial score (nSPS) is 17.2. The average Bonchev–Trinajstić information content (AvgIpc) is 3.44. The Kier molecular flexibility index (Phi) is 5.19. The van der Waals surface area contributed by atoms with E-state index in [1.807, 2.05) is 0 Å². The molecule has 2 bridgehead atoms. The molecule has 7 nitrogen and oxygen atoms in total. The molecule has 3 aliphatic heterocycles. The lowest BCUT2D eigenvalue weighted by Gasteiger charge is -2.40. The highest BCUT2D eigenvalue weighted by Crippen LogP contribution is 2.52. The van der Waals surface area contributed by atoms with E-state index in [1.165, 1.54) is 16.0 Å². The molecule has 1 N–H and O–H groups in total. The molecule has 1 saturated heterocycles. The number of ether oxygens (including phenoxy) is 1. The lowest BCUT2D eigenvalue weighted by atomic mass is 9.84. The van der Waals surface area contributed by atoms with E-state index in [1.54, 1.807) is 6.92 Å². The van der Waals surface area contributed by atoms with Gasteiger partial charge < -0.3 is 15.0 Å². The number of thiophene rings is 1. The largest absolute Gasteiger partial charge is 0.462 e. The number of fused-ring (bicyclic) bond motifs is 3. The van der Waals surface area contributed by atoms with E-state index in [9.17, 15) is 18.4 Å². The van der Waals surface area contributed by atoms with Crippen molar-refractivity contribution in [3.05, 3.63) is 28.1 Å². The van der Waals surface area contributed by atoms with E-state index in [2.05, 4.69) is 15.3 Å². The number of hydrogen-bond acceptors (Lipinski definition) is 6. The molecule has 2 aromatic heterocycles. The Balaban J connectivity index is 1.43. The monoisotopic (exact) mass is 450 g/mol. The topological polar surface area (TPSA) is 76.5 Å². The SMILES string of the molecule is CCOC(=O)c1c(NC(=O)Cn2nc(C(F)F)c3c2CCC3)sc2c1C1CCN2CC1. The van der Waals surface area contributed by atoms with Crippen LogP contribution in [0.4, 0.5) is 18.8 Å². The van der Waals surface area contributed by atoms with Crippen LogP contribution < -0.4 is 10.2 Å². The van der Waals surface area contributed by atoms with Crippen LogP contribution >= 0.6 is 11.3 Å². The molecule has 166 valence electrons. The zero-order valence-electron chi connectivity index (χ0n) is 17.2. The lowest BCUT2D eigenvalue weighted by Crippen LogP contribution is -2.38. The van der Waals surface area contributed by atoms with E-state index in [-0.39, 0.29) is 24.8 Å². The standard InChI is InChI=1S/C21H24F2N4O3S/c1-2-30-21(29)16-15-11-6-8-26(9-7-11)20(15)31-19(16)24-14(28)10-27-13-5-3-4-12(13)17(25-27)18(22)23/h11,18H,2-10H2,1H3,(H,24,28). The van der Waals surface area contributed by atoms with Gasteiger partial charge in [-0.1, -0.05) is 11.3 Å². The van der Waals surface area contributed by atoms with Crippen LogP contribution in [0.15, 0.2) is 0 Å². The van der Waals surface area contributed by atoms with E-state index in [4.69, 9.17) is 4.74 Å². The fraction of sp³-hybridized carbons (Fsp3) is 0.571. The zero-order valence-corrected chi connectivity index (χ0v) is 18.1. The minimum atomic E-state index is -2.65. The second kappa shape index (κ2) is 7.89. The number of nitrogens with one attached hydrogen (secondary N) is 1. The van der Waals surface area contributed by atoms with Crippen LogP contribution in [0.2, 0.25) is 0 Å². The second-order valence-corrected chi connectivity index (χ2v) is 9.18. The summed E-state index contributed by atoms with van der Waals surface area (Å²) in [5.41, 5.74) is 2.50. The zero-order chi connectivity index (χ0) is 21.7. The summed E-state index contributed by atoms with van der Waals surface area (Å²) in [5.74, 6) is -0.516. The van der Waals surface area contributed by atoms with Gasteiger partial charge in [0.2, 0.25) is 5.91 Å². The Morgan fingerprint density at radius 2 is 2.06 bits per heavy atom. The van der Waals surface area contributed by atoms with Gasteiger partial charge in [-0.2, -0.15) is 5.10 Å². The maximum atomic E-state index is 13.3. The minimum Gasteiger partial charge on any atom is -0.462 e. The molecule has 1 amide bonds. The van der Waals surface area contributed by atoms with Crippen LogP contribution in [0.1, 0.15) is 71.4 Å². The highest BCUT2D eigenvalue weighted by atomic mass is 32.1. The minimum absolute atomic E-state index is 0.160. The van der Waals surface area contributed by atoms with E-state index >= 15 is 0 Å². The Labute approximate surface area is 182 Å². The van der Waals surface area contributed by atoms with Crippen molar-refractivity contribution >= 4 is 33.2 Å². The third-order valence-electron chi connectivity index (χ3n) is 6.39. The van der Waals surface area contributed by atoms with Gasteiger partial charge in [-0.3, -0.25) is 9.48 Å². The fourth-order valence-electron chi connectivity index (χ4n) is 5.06. The van der Waals surface area contributed by atoms with Gasteiger partial charge in [0.25, 0.3) is 6.43 Å². The predicted molar refractivity (Wildman–Crippen MR) is 112 cm³/mol. The van der Waals surface area contributed by atoms with Crippen LogP contribution in [0.3, 0.4) is 0 Å². The van der Waals surface area contributed by atoms with Gasteiger partial charge in [-0.05, 0) is 44.9 Å². The first kappa shape index (κ1) is 20.4. The molecule has 0 spiro atoms. The Morgan fingerprint density at radius 1 is 1.29 bits per heavy atom. The molecule has 0 aromatic carbocycles. The van der Waals surface area contributed by atoms with E-state index < -0.39 is 12.4 Å². The number of carbonyl (C=O) groups is 2. The van der Waals surface area contributed by atoms with Gasteiger partial charge in [0.1, 0.15) is 17.2 Å². The van der Waals surface area contributed by atoms with Crippen molar-refractivity contribution in [2.24, 2.45) is 0 Å². The summed E-state index contributed by atoms with van der Waals surface area (Å²) in [7, 11) is 0. The summed E-state index contributed by atoms with van der Waals surface area (Å²) >= 11 is 1.40. The van der Waals surface area contributed by atoms with Gasteiger partial charge in [0.05, 0.1) is 17.2 Å². The quantitative estimate of drug-likeness (QED) is 0.676. The molecule has 0 radical (unpaired) electrons. The number of aromatic nitrogens is 2. The maximum Gasteiger partial charge on any atom is 0.341 e. The van der Waals surface area contributed by atoms with Crippen molar-refractivity contribution in [1.82, 2.24) is 9.78 Å². The lowest BCUT2D eigenvalue weighted by molar-refractivity contribution is -0.116. The average molecular weight is 451 g/mol.